The SMILES string of the molecule is O=C(Nc1ccc(NS(=O)(=O)c2ccc(F)cc2)cc1Cl)c1ccccc1. The molecule has 1 amide bonds. The van der Waals surface area contributed by atoms with Gasteiger partial charge in [0.05, 0.1) is 21.3 Å². The Morgan fingerprint density at radius 3 is 2.22 bits per heavy atom. The minimum absolute atomic E-state index is 0.0820. The van der Waals surface area contributed by atoms with Crippen molar-refractivity contribution in [2.24, 2.45) is 0 Å². The van der Waals surface area contributed by atoms with Crippen LogP contribution in [-0.4, -0.2) is 14.3 Å². The number of amides is 1. The molecule has 0 fully saturated rings. The zero-order valence-corrected chi connectivity index (χ0v) is 15.4. The molecule has 3 aromatic carbocycles. The van der Waals surface area contributed by atoms with Crippen LogP contribution in [0.2, 0.25) is 5.02 Å². The average Bonchev–Trinajstić information content (AvgIpc) is 2.64. The third kappa shape index (κ3) is 4.64. The molecule has 0 saturated carbocycles. The van der Waals surface area contributed by atoms with Crippen LogP contribution in [0.3, 0.4) is 0 Å². The predicted octanol–water partition coefficient (Wildman–Crippen LogP) is 4.53. The first-order valence-electron chi connectivity index (χ1n) is 7.79. The Balaban J connectivity index is 1.76. The summed E-state index contributed by atoms with van der Waals surface area (Å²) in [6.45, 7) is 0. The van der Waals surface area contributed by atoms with Gasteiger partial charge in [0.25, 0.3) is 15.9 Å². The zero-order chi connectivity index (χ0) is 19.4. The van der Waals surface area contributed by atoms with Crippen LogP contribution >= 0.6 is 11.6 Å². The lowest BCUT2D eigenvalue weighted by Crippen LogP contribution is -2.14. The van der Waals surface area contributed by atoms with Gasteiger partial charge in [0.2, 0.25) is 0 Å². The van der Waals surface area contributed by atoms with Crippen molar-refractivity contribution in [3.63, 3.8) is 0 Å². The molecule has 8 heteroatoms. The second-order valence-electron chi connectivity index (χ2n) is 5.57. The number of rotatable bonds is 5. The van der Waals surface area contributed by atoms with Crippen molar-refractivity contribution in [1.29, 1.82) is 0 Å². The second-order valence-corrected chi connectivity index (χ2v) is 7.66. The summed E-state index contributed by atoms with van der Waals surface area (Å²) in [4.78, 5) is 12.1. The van der Waals surface area contributed by atoms with Gasteiger partial charge in [0.15, 0.2) is 0 Å². The number of nitrogens with one attached hydrogen (secondary N) is 2. The van der Waals surface area contributed by atoms with E-state index in [4.69, 9.17) is 11.6 Å². The van der Waals surface area contributed by atoms with Crippen LogP contribution in [0.4, 0.5) is 15.8 Å². The summed E-state index contributed by atoms with van der Waals surface area (Å²) in [5.74, 6) is -0.868. The van der Waals surface area contributed by atoms with Gasteiger partial charge in [0, 0.05) is 5.56 Å². The molecule has 0 aliphatic heterocycles. The largest absolute Gasteiger partial charge is 0.321 e. The third-order valence-corrected chi connectivity index (χ3v) is 5.34. The van der Waals surface area contributed by atoms with E-state index in [1.807, 2.05) is 0 Å². The molecule has 0 aliphatic rings. The lowest BCUT2D eigenvalue weighted by atomic mass is 10.2. The van der Waals surface area contributed by atoms with Crippen molar-refractivity contribution >= 4 is 38.9 Å². The summed E-state index contributed by atoms with van der Waals surface area (Å²) in [5, 5.41) is 2.83. The van der Waals surface area contributed by atoms with Gasteiger partial charge in [-0.3, -0.25) is 9.52 Å². The Kier molecular flexibility index (Phi) is 5.43. The van der Waals surface area contributed by atoms with Crippen LogP contribution < -0.4 is 10.0 Å². The number of carbonyl (C=O) groups is 1. The Labute approximate surface area is 160 Å². The fourth-order valence-electron chi connectivity index (χ4n) is 2.29. The molecular weight excluding hydrogens is 391 g/mol. The van der Waals surface area contributed by atoms with Crippen molar-refractivity contribution in [2.75, 3.05) is 10.0 Å². The number of carbonyl (C=O) groups excluding carboxylic acids is 1. The van der Waals surface area contributed by atoms with Crippen LogP contribution in [0.5, 0.6) is 0 Å². The van der Waals surface area contributed by atoms with Crippen LogP contribution in [0, 0.1) is 5.82 Å². The summed E-state index contributed by atoms with van der Waals surface area (Å²) in [6.07, 6.45) is 0. The van der Waals surface area contributed by atoms with Gasteiger partial charge >= 0.3 is 0 Å². The van der Waals surface area contributed by atoms with Gasteiger partial charge in [-0.05, 0) is 54.6 Å². The van der Waals surface area contributed by atoms with Crippen molar-refractivity contribution < 1.29 is 17.6 Å². The van der Waals surface area contributed by atoms with Crippen LogP contribution in [-0.2, 0) is 10.0 Å². The molecule has 3 rings (SSSR count). The lowest BCUT2D eigenvalue weighted by Gasteiger charge is -2.11. The van der Waals surface area contributed by atoms with Crippen LogP contribution in [0.15, 0.2) is 77.7 Å². The van der Waals surface area contributed by atoms with Crippen molar-refractivity contribution in [1.82, 2.24) is 0 Å². The summed E-state index contributed by atoms with van der Waals surface area (Å²) in [6, 6.07) is 17.4. The number of hydrogen-bond acceptors (Lipinski definition) is 3. The fraction of sp³-hybridized carbons (Fsp3) is 0. The average molecular weight is 405 g/mol. The number of benzene rings is 3. The Bertz CT molecular complexity index is 1070. The maximum Gasteiger partial charge on any atom is 0.261 e. The molecule has 0 saturated heterocycles. The first kappa shape index (κ1) is 18.9. The standard InChI is InChI=1S/C19H14ClFN2O3S/c20-17-12-15(23-27(25,26)16-9-6-14(21)7-10-16)8-11-18(17)22-19(24)13-4-2-1-3-5-13/h1-12,23H,(H,22,24). The van der Waals surface area contributed by atoms with E-state index in [0.717, 1.165) is 24.3 Å². The maximum atomic E-state index is 13.0. The zero-order valence-electron chi connectivity index (χ0n) is 13.8. The molecule has 5 nitrogen and oxygen atoms in total. The smallest absolute Gasteiger partial charge is 0.261 e. The summed E-state index contributed by atoms with van der Waals surface area (Å²) >= 11 is 6.16. The van der Waals surface area contributed by atoms with E-state index in [0.29, 0.717) is 11.3 Å². The molecule has 0 unspecified atom stereocenters. The molecule has 0 heterocycles. The highest BCUT2D eigenvalue weighted by Crippen LogP contribution is 2.27. The molecule has 27 heavy (non-hydrogen) atoms. The Hall–Kier alpha value is -2.90. The molecule has 0 aliphatic carbocycles. The first-order chi connectivity index (χ1) is 12.8. The molecule has 0 spiro atoms. The van der Waals surface area contributed by atoms with Gasteiger partial charge in [-0.15, -0.1) is 0 Å². The minimum atomic E-state index is -3.89. The molecule has 0 aromatic heterocycles. The van der Waals surface area contributed by atoms with E-state index in [2.05, 4.69) is 10.0 Å². The van der Waals surface area contributed by atoms with Crippen molar-refractivity contribution in [3.8, 4) is 0 Å². The predicted molar refractivity (Wildman–Crippen MR) is 103 cm³/mol. The Morgan fingerprint density at radius 2 is 1.59 bits per heavy atom. The molecular formula is C19H14ClFN2O3S. The second kappa shape index (κ2) is 7.77. The van der Waals surface area contributed by atoms with E-state index in [1.54, 1.807) is 30.3 Å². The summed E-state index contributed by atoms with van der Waals surface area (Å²) in [5.41, 5.74) is 1.02. The van der Waals surface area contributed by atoms with E-state index in [1.165, 1.54) is 18.2 Å². The number of halogens is 2. The summed E-state index contributed by atoms with van der Waals surface area (Å²) in [7, 11) is -3.89. The van der Waals surface area contributed by atoms with Gasteiger partial charge in [-0.1, -0.05) is 29.8 Å². The first-order valence-corrected chi connectivity index (χ1v) is 9.65. The number of sulfonamides is 1. The highest BCUT2D eigenvalue weighted by atomic mass is 35.5. The maximum absolute atomic E-state index is 13.0. The van der Waals surface area contributed by atoms with E-state index in [9.17, 15) is 17.6 Å². The highest BCUT2D eigenvalue weighted by molar-refractivity contribution is 7.92. The topological polar surface area (TPSA) is 75.3 Å². The molecule has 138 valence electrons. The van der Waals surface area contributed by atoms with Gasteiger partial charge in [-0.2, -0.15) is 0 Å². The van der Waals surface area contributed by atoms with E-state index >= 15 is 0 Å². The molecule has 0 atom stereocenters. The van der Waals surface area contributed by atoms with Gasteiger partial charge in [-0.25, -0.2) is 12.8 Å². The normalized spacial score (nSPS) is 11.0. The highest BCUT2D eigenvalue weighted by Gasteiger charge is 2.15. The van der Waals surface area contributed by atoms with E-state index < -0.39 is 15.8 Å². The molecule has 3 aromatic rings. The van der Waals surface area contributed by atoms with Crippen LogP contribution in [0.1, 0.15) is 10.4 Å². The van der Waals surface area contributed by atoms with Gasteiger partial charge < -0.3 is 5.32 Å². The summed E-state index contributed by atoms with van der Waals surface area (Å²) < 4.78 is 40.0. The molecule has 0 radical (unpaired) electrons. The Morgan fingerprint density at radius 1 is 0.926 bits per heavy atom. The number of anilines is 2. The lowest BCUT2D eigenvalue weighted by molar-refractivity contribution is 0.102. The minimum Gasteiger partial charge on any atom is -0.321 e. The van der Waals surface area contributed by atoms with Crippen LogP contribution in [0.25, 0.3) is 0 Å². The third-order valence-electron chi connectivity index (χ3n) is 3.63. The van der Waals surface area contributed by atoms with Crippen molar-refractivity contribution in [3.05, 3.63) is 89.2 Å². The van der Waals surface area contributed by atoms with Gasteiger partial charge in [0.1, 0.15) is 5.82 Å². The fourth-order valence-corrected chi connectivity index (χ4v) is 3.57. The molecule has 0 bridgehead atoms. The number of hydrogen-bond donors (Lipinski definition) is 2. The monoisotopic (exact) mass is 404 g/mol. The van der Waals surface area contributed by atoms with Crippen molar-refractivity contribution in [2.45, 2.75) is 4.90 Å². The quantitative estimate of drug-likeness (QED) is 0.655. The van der Waals surface area contributed by atoms with E-state index in [-0.39, 0.29) is 21.5 Å². The molecule has 2 N–H and O–H groups in total.